The number of rotatable bonds is 6. The van der Waals surface area contributed by atoms with Gasteiger partial charge in [-0.3, -0.25) is 4.79 Å². The van der Waals surface area contributed by atoms with Crippen molar-refractivity contribution in [3.8, 4) is 22.5 Å². The maximum Gasteiger partial charge on any atom is 0.200 e. The first-order valence-electron chi connectivity index (χ1n) is 9.61. The van der Waals surface area contributed by atoms with Crippen LogP contribution in [-0.2, 0) is 17.8 Å². The van der Waals surface area contributed by atoms with E-state index in [1.165, 1.54) is 6.07 Å². The summed E-state index contributed by atoms with van der Waals surface area (Å²) in [4.78, 5) is 12.2. The van der Waals surface area contributed by atoms with Crippen LogP contribution in [0.15, 0.2) is 63.3 Å². The van der Waals surface area contributed by atoms with Crippen LogP contribution in [0, 0.1) is 0 Å². The molecule has 0 spiro atoms. The Kier molecular flexibility index (Phi) is 6.11. The van der Waals surface area contributed by atoms with Crippen LogP contribution in [0.4, 0.5) is 0 Å². The molecule has 2 aliphatic carbocycles. The fraction of sp³-hybridized carbons (Fsp3) is 0.208. The van der Waals surface area contributed by atoms with Crippen molar-refractivity contribution in [2.75, 3.05) is 6.61 Å². The molecule has 1 heterocycles. The Morgan fingerprint density at radius 3 is 2.80 bits per heavy atom. The highest BCUT2D eigenvalue weighted by atomic mass is 35.5. The maximum atomic E-state index is 12.2. The van der Waals surface area contributed by atoms with Gasteiger partial charge >= 0.3 is 0 Å². The van der Waals surface area contributed by atoms with Crippen LogP contribution in [0.3, 0.4) is 0 Å². The lowest BCUT2D eigenvalue weighted by Crippen LogP contribution is -2.21. The Morgan fingerprint density at radius 2 is 2.03 bits per heavy atom. The molecule has 30 heavy (non-hydrogen) atoms. The van der Waals surface area contributed by atoms with Crippen LogP contribution in [0.2, 0.25) is 5.02 Å². The molecule has 1 aliphatic heterocycles. The first kappa shape index (κ1) is 20.9. The van der Waals surface area contributed by atoms with Gasteiger partial charge in [-0.25, -0.2) is 0 Å². The van der Waals surface area contributed by atoms with Crippen molar-refractivity contribution in [1.82, 2.24) is 0 Å². The number of ether oxygens (including phenoxy) is 1. The van der Waals surface area contributed by atoms with E-state index in [2.05, 4.69) is 6.58 Å². The summed E-state index contributed by atoms with van der Waals surface area (Å²) in [6.07, 6.45) is 4.44. The van der Waals surface area contributed by atoms with Gasteiger partial charge in [-0.2, -0.15) is 0 Å². The van der Waals surface area contributed by atoms with Gasteiger partial charge in [0.2, 0.25) is 5.43 Å². The number of fused-ring (bicyclic) bond motifs is 2. The zero-order valence-corrected chi connectivity index (χ0v) is 17.7. The van der Waals surface area contributed by atoms with Crippen molar-refractivity contribution in [3.63, 3.8) is 0 Å². The molecule has 0 bridgehead atoms. The maximum absolute atomic E-state index is 12.2. The number of benzene rings is 2. The highest BCUT2D eigenvalue weighted by Crippen LogP contribution is 2.44. The van der Waals surface area contributed by atoms with E-state index in [9.17, 15) is 9.90 Å². The molecular formula is C24H20Cl2O4. The van der Waals surface area contributed by atoms with Gasteiger partial charge in [-0.15, -0.1) is 6.58 Å². The first-order chi connectivity index (χ1) is 14.5. The summed E-state index contributed by atoms with van der Waals surface area (Å²) in [5.74, 6) is 1.10. The first-order valence-corrected chi connectivity index (χ1v) is 10.4. The Morgan fingerprint density at radius 1 is 1.23 bits per heavy atom. The third-order valence-electron chi connectivity index (χ3n) is 5.16. The third kappa shape index (κ3) is 3.84. The minimum atomic E-state index is -0.333. The molecule has 0 amide bonds. The van der Waals surface area contributed by atoms with Crippen molar-refractivity contribution < 1.29 is 14.3 Å². The van der Waals surface area contributed by atoms with Crippen LogP contribution in [0.5, 0.6) is 0 Å². The van der Waals surface area contributed by atoms with Crippen molar-refractivity contribution in [2.24, 2.45) is 0 Å². The molecule has 0 saturated heterocycles. The van der Waals surface area contributed by atoms with Gasteiger partial charge in [-0.1, -0.05) is 53.5 Å². The number of hydrogen-bond donors (Lipinski definition) is 1. The van der Waals surface area contributed by atoms with E-state index >= 15 is 0 Å². The Hall–Kier alpha value is -2.37. The summed E-state index contributed by atoms with van der Waals surface area (Å²) in [5, 5.41) is 10.6. The lowest BCUT2D eigenvalue weighted by Gasteiger charge is -2.26. The molecule has 0 saturated carbocycles. The van der Waals surface area contributed by atoms with E-state index in [4.69, 9.17) is 32.4 Å². The number of aliphatic hydroxyl groups excluding tert-OH is 1. The molecule has 6 heteroatoms. The predicted molar refractivity (Wildman–Crippen MR) is 120 cm³/mol. The van der Waals surface area contributed by atoms with Crippen LogP contribution in [0.25, 0.3) is 28.5 Å². The van der Waals surface area contributed by atoms with Gasteiger partial charge < -0.3 is 14.3 Å². The number of hydrogen-bond acceptors (Lipinski definition) is 4. The molecule has 1 unspecified atom stereocenters. The summed E-state index contributed by atoms with van der Waals surface area (Å²) in [7, 11) is 0. The number of aliphatic hydroxyl groups is 1. The van der Waals surface area contributed by atoms with Crippen LogP contribution in [0.1, 0.15) is 23.3 Å². The van der Waals surface area contributed by atoms with E-state index in [0.717, 1.165) is 28.7 Å². The van der Waals surface area contributed by atoms with Crippen molar-refractivity contribution in [1.29, 1.82) is 0 Å². The zero-order chi connectivity index (χ0) is 21.3. The van der Waals surface area contributed by atoms with Gasteiger partial charge in [0, 0.05) is 34.2 Å². The van der Waals surface area contributed by atoms with Gasteiger partial charge in [-0.05, 0) is 29.7 Å². The average Bonchev–Trinajstić information content (AvgIpc) is 2.74. The summed E-state index contributed by atoms with van der Waals surface area (Å²) in [5.41, 5.74) is 3.58. The molecule has 1 N–H and O–H groups in total. The zero-order valence-electron chi connectivity index (χ0n) is 16.2. The van der Waals surface area contributed by atoms with Crippen molar-refractivity contribution in [3.05, 3.63) is 86.2 Å². The predicted octanol–water partition coefficient (Wildman–Crippen LogP) is 5.65. The third-order valence-corrected chi connectivity index (χ3v) is 5.81. The summed E-state index contributed by atoms with van der Waals surface area (Å²) >= 11 is 12.7. The molecule has 0 fully saturated rings. The van der Waals surface area contributed by atoms with E-state index in [1.807, 2.05) is 30.3 Å². The smallest absolute Gasteiger partial charge is 0.200 e. The number of halogens is 2. The minimum Gasteiger partial charge on any atom is -0.460 e. The summed E-state index contributed by atoms with van der Waals surface area (Å²) in [6, 6.07) is 10.6. The molecular weight excluding hydrogens is 423 g/mol. The van der Waals surface area contributed by atoms with E-state index in [1.54, 1.807) is 12.1 Å². The highest BCUT2D eigenvalue weighted by Gasteiger charge is 2.29. The van der Waals surface area contributed by atoms with Crippen LogP contribution in [-0.4, -0.2) is 17.8 Å². The Bertz CT molecular complexity index is 1160. The van der Waals surface area contributed by atoms with Crippen molar-refractivity contribution >= 4 is 29.3 Å². The Balaban J connectivity index is 1.97. The average molecular weight is 443 g/mol. The van der Waals surface area contributed by atoms with E-state index in [0.29, 0.717) is 35.1 Å². The van der Waals surface area contributed by atoms with Crippen molar-refractivity contribution in [2.45, 2.75) is 25.6 Å². The van der Waals surface area contributed by atoms with Crippen LogP contribution >= 0.6 is 23.2 Å². The lowest BCUT2D eigenvalue weighted by atomic mass is 9.86. The summed E-state index contributed by atoms with van der Waals surface area (Å²) in [6.45, 7) is 4.08. The monoisotopic (exact) mass is 442 g/mol. The summed E-state index contributed by atoms with van der Waals surface area (Å²) < 4.78 is 12.0. The van der Waals surface area contributed by atoms with E-state index < -0.39 is 0 Å². The van der Waals surface area contributed by atoms with E-state index in [-0.39, 0.29) is 23.2 Å². The molecule has 1 atom stereocenters. The standard InChI is InChI=1S/C24H20Cl2O4/c1-2-3-8-29-23-12-22-17(10-19(23)26)24(15-7-5-4-6-14(15)13-27)16-9-18(25)20(28)11-21(16)30-22/h2,4-7,9-11,23,27H,1,3,8,12-13H2. The lowest BCUT2D eigenvalue weighted by molar-refractivity contribution is 0.0818. The van der Waals surface area contributed by atoms with Gasteiger partial charge in [0.25, 0.3) is 0 Å². The highest BCUT2D eigenvalue weighted by molar-refractivity contribution is 6.32. The normalized spacial score (nSPS) is 15.7. The quantitative estimate of drug-likeness (QED) is 0.395. The second-order valence-corrected chi connectivity index (χ2v) is 7.92. The van der Waals surface area contributed by atoms with Gasteiger partial charge in [0.1, 0.15) is 17.6 Å². The van der Waals surface area contributed by atoms with Crippen LogP contribution < -0.4 is 5.43 Å². The minimum absolute atomic E-state index is 0.108. The fourth-order valence-corrected chi connectivity index (χ4v) is 4.13. The molecule has 1 aromatic rings. The molecule has 4 rings (SSSR count). The second-order valence-electron chi connectivity index (χ2n) is 7.08. The molecule has 154 valence electrons. The largest absolute Gasteiger partial charge is 0.460 e. The SMILES string of the molecule is C=CCCOC1Cc2oc3cc(=O)c(Cl)cc-3c(-c3ccccc3CO)c2C=C1Cl. The Labute approximate surface area is 184 Å². The molecule has 1 aromatic carbocycles. The fourth-order valence-electron chi connectivity index (χ4n) is 3.71. The van der Waals surface area contributed by atoms with Gasteiger partial charge in [0.05, 0.1) is 18.2 Å². The topological polar surface area (TPSA) is 59.7 Å². The van der Waals surface area contributed by atoms with Gasteiger partial charge in [0.15, 0.2) is 0 Å². The molecule has 3 aliphatic rings. The molecule has 0 radical (unpaired) electrons. The molecule has 4 nitrogen and oxygen atoms in total. The molecule has 0 aromatic heterocycles. The second kappa shape index (κ2) is 8.78.